The minimum atomic E-state index is -1.06. The van der Waals surface area contributed by atoms with Crippen molar-refractivity contribution < 1.29 is 28.9 Å². The molecule has 0 spiro atoms. The predicted octanol–water partition coefficient (Wildman–Crippen LogP) is 3.09. The van der Waals surface area contributed by atoms with Gasteiger partial charge in [-0.2, -0.15) is 0 Å². The fourth-order valence-electron chi connectivity index (χ4n) is 5.23. The molecule has 2 N–H and O–H groups in total. The molecule has 35 heavy (non-hydrogen) atoms. The average molecular weight is 505 g/mol. The zero-order valence-electron chi connectivity index (χ0n) is 19.4. The number of fused-ring (bicyclic) bond motifs is 2. The fourth-order valence-corrected chi connectivity index (χ4v) is 5.52. The van der Waals surface area contributed by atoms with Crippen LogP contribution >= 0.6 is 11.6 Å². The van der Waals surface area contributed by atoms with Crippen LogP contribution in [-0.2, 0) is 0 Å². The van der Waals surface area contributed by atoms with Crippen LogP contribution in [0.25, 0.3) is 11.3 Å². The third-order valence-corrected chi connectivity index (χ3v) is 7.32. The van der Waals surface area contributed by atoms with Crippen molar-refractivity contribution in [2.75, 3.05) is 37.7 Å². The lowest BCUT2D eigenvalue weighted by Crippen LogP contribution is -2.57. The predicted molar refractivity (Wildman–Crippen MR) is 127 cm³/mol. The van der Waals surface area contributed by atoms with Crippen LogP contribution in [0.15, 0.2) is 24.3 Å². The topological polar surface area (TPSA) is 106 Å². The molecule has 1 unspecified atom stereocenters. The number of rotatable bonds is 2. The standard InChI is InChI=1S/C24H26ClFN4O5/c1-24(2)9-14(31)11-30(24)21-17-20(18(25)19(27-21)15-5-3-4-6-16(15)26)35-12-13-10-28(23(33)34)7-8-29(13)22(17)32/h3-6,13-14,31H,7-12H2,1-2H3,(H,33,34)/t13-,14?/m1/s1. The summed E-state index contributed by atoms with van der Waals surface area (Å²) < 4.78 is 20.9. The molecule has 0 aliphatic carbocycles. The van der Waals surface area contributed by atoms with Crippen LogP contribution in [0.1, 0.15) is 30.6 Å². The molecule has 2 amide bonds. The summed E-state index contributed by atoms with van der Waals surface area (Å²) in [6.07, 6.45) is -1.24. The van der Waals surface area contributed by atoms with Crippen LogP contribution < -0.4 is 9.64 Å². The van der Waals surface area contributed by atoms with Crippen LogP contribution in [0.3, 0.4) is 0 Å². The van der Waals surface area contributed by atoms with E-state index in [1.807, 2.05) is 18.7 Å². The van der Waals surface area contributed by atoms with Crippen molar-refractivity contribution in [2.24, 2.45) is 0 Å². The van der Waals surface area contributed by atoms with Gasteiger partial charge in [0.05, 0.1) is 17.8 Å². The molecule has 0 saturated carbocycles. The van der Waals surface area contributed by atoms with Gasteiger partial charge in [-0.3, -0.25) is 4.79 Å². The highest BCUT2D eigenvalue weighted by atomic mass is 35.5. The van der Waals surface area contributed by atoms with Crippen molar-refractivity contribution in [3.05, 3.63) is 40.7 Å². The van der Waals surface area contributed by atoms with E-state index in [1.54, 1.807) is 23.1 Å². The second-order valence-electron chi connectivity index (χ2n) is 9.75. The van der Waals surface area contributed by atoms with Gasteiger partial charge in [0.2, 0.25) is 0 Å². The van der Waals surface area contributed by atoms with E-state index in [1.165, 1.54) is 11.0 Å². The Labute approximate surface area is 206 Å². The Balaban J connectivity index is 1.70. The SMILES string of the molecule is CC1(C)CC(O)CN1c1nc(-c2ccccc2F)c(Cl)c2c1C(=O)N1CCN(C(=O)O)C[C@@H]1CO2. The first kappa shape index (κ1) is 23.6. The van der Waals surface area contributed by atoms with Crippen LogP contribution in [0.4, 0.5) is 15.0 Å². The Hall–Kier alpha value is -3.11. The van der Waals surface area contributed by atoms with E-state index >= 15 is 0 Å². The molecule has 5 rings (SSSR count). The van der Waals surface area contributed by atoms with Crippen molar-refractivity contribution in [1.82, 2.24) is 14.8 Å². The maximum absolute atomic E-state index is 14.8. The number of carbonyl (C=O) groups excluding carboxylic acids is 1. The number of aromatic nitrogens is 1. The summed E-state index contributed by atoms with van der Waals surface area (Å²) in [5.41, 5.74) is -0.109. The number of hydrogen-bond donors (Lipinski definition) is 2. The normalized spacial score (nSPS) is 23.5. The number of halogens is 2. The number of pyridine rings is 1. The highest BCUT2D eigenvalue weighted by Crippen LogP contribution is 2.46. The highest BCUT2D eigenvalue weighted by Gasteiger charge is 2.45. The van der Waals surface area contributed by atoms with Gasteiger partial charge < -0.3 is 29.6 Å². The number of amides is 2. The zero-order chi connectivity index (χ0) is 25.1. The molecule has 0 radical (unpaired) electrons. The Bertz CT molecular complexity index is 1210. The summed E-state index contributed by atoms with van der Waals surface area (Å²) in [4.78, 5) is 34.8. The minimum Gasteiger partial charge on any atom is -0.489 e. The third-order valence-electron chi connectivity index (χ3n) is 6.97. The van der Waals surface area contributed by atoms with Gasteiger partial charge in [-0.15, -0.1) is 0 Å². The number of hydrogen-bond acceptors (Lipinski definition) is 6. The van der Waals surface area contributed by atoms with Crippen LogP contribution in [0.2, 0.25) is 5.02 Å². The summed E-state index contributed by atoms with van der Waals surface area (Å²) in [6.45, 7) is 4.59. The summed E-state index contributed by atoms with van der Waals surface area (Å²) in [7, 11) is 0. The Morgan fingerprint density at radius 2 is 2.00 bits per heavy atom. The number of ether oxygens (including phenoxy) is 1. The number of nitrogens with zero attached hydrogens (tertiary/aromatic N) is 4. The lowest BCUT2D eigenvalue weighted by molar-refractivity contribution is 0.0390. The molecule has 3 aliphatic heterocycles. The van der Waals surface area contributed by atoms with Gasteiger partial charge >= 0.3 is 6.09 Å². The van der Waals surface area contributed by atoms with E-state index < -0.39 is 29.6 Å². The maximum Gasteiger partial charge on any atom is 0.407 e. The Morgan fingerprint density at radius 1 is 1.26 bits per heavy atom. The summed E-state index contributed by atoms with van der Waals surface area (Å²) in [6, 6.07) is 5.56. The van der Waals surface area contributed by atoms with Gasteiger partial charge in [0.25, 0.3) is 5.91 Å². The Morgan fingerprint density at radius 3 is 2.66 bits per heavy atom. The largest absolute Gasteiger partial charge is 0.489 e. The second kappa shape index (κ2) is 8.53. The molecule has 1 aromatic heterocycles. The van der Waals surface area contributed by atoms with E-state index in [0.29, 0.717) is 6.42 Å². The smallest absolute Gasteiger partial charge is 0.407 e. The van der Waals surface area contributed by atoms with E-state index in [0.717, 1.165) is 0 Å². The first-order valence-corrected chi connectivity index (χ1v) is 11.8. The van der Waals surface area contributed by atoms with Gasteiger partial charge in [0, 0.05) is 37.3 Å². The minimum absolute atomic E-state index is 0.00897. The molecule has 186 valence electrons. The quantitative estimate of drug-likeness (QED) is 0.647. The second-order valence-corrected chi connectivity index (χ2v) is 10.1. The summed E-state index contributed by atoms with van der Waals surface area (Å²) >= 11 is 6.73. The van der Waals surface area contributed by atoms with Crippen LogP contribution in [-0.4, -0.2) is 87.5 Å². The zero-order valence-corrected chi connectivity index (χ0v) is 20.1. The van der Waals surface area contributed by atoms with Crippen LogP contribution in [0, 0.1) is 5.82 Å². The number of carboxylic acid groups (broad SMARTS) is 1. The monoisotopic (exact) mass is 504 g/mol. The van der Waals surface area contributed by atoms with Gasteiger partial charge in [0.1, 0.15) is 28.8 Å². The molecule has 9 nitrogen and oxygen atoms in total. The maximum atomic E-state index is 14.8. The lowest BCUT2D eigenvalue weighted by atomic mass is 10.00. The number of piperazine rings is 1. The van der Waals surface area contributed by atoms with E-state index in [4.69, 9.17) is 21.3 Å². The first-order chi connectivity index (χ1) is 16.6. The molecule has 11 heteroatoms. The van der Waals surface area contributed by atoms with Gasteiger partial charge in [-0.1, -0.05) is 23.7 Å². The summed E-state index contributed by atoms with van der Waals surface area (Å²) in [5, 5.41) is 19.9. The number of benzene rings is 1. The third kappa shape index (κ3) is 3.94. The number of aliphatic hydroxyl groups is 1. The molecule has 2 aromatic rings. The highest BCUT2D eigenvalue weighted by molar-refractivity contribution is 6.35. The lowest BCUT2D eigenvalue weighted by Gasteiger charge is -2.39. The molecule has 0 bridgehead atoms. The molecule has 2 fully saturated rings. The first-order valence-electron chi connectivity index (χ1n) is 11.4. The van der Waals surface area contributed by atoms with Crippen molar-refractivity contribution in [3.63, 3.8) is 0 Å². The van der Waals surface area contributed by atoms with E-state index in [-0.39, 0.29) is 72.1 Å². The molecule has 3 aliphatic rings. The molecular formula is C24H26ClFN4O5. The van der Waals surface area contributed by atoms with Crippen molar-refractivity contribution in [3.8, 4) is 17.0 Å². The molecule has 1 aromatic carbocycles. The molecule has 2 saturated heterocycles. The number of β-amino-alcohol motifs (C(OH)–C–C–N with tert-alkyl or cyclic N) is 1. The molecule has 4 heterocycles. The molecular weight excluding hydrogens is 479 g/mol. The number of aliphatic hydroxyl groups excluding tert-OH is 1. The van der Waals surface area contributed by atoms with Crippen molar-refractivity contribution in [2.45, 2.75) is 38.0 Å². The van der Waals surface area contributed by atoms with Crippen LogP contribution in [0.5, 0.6) is 5.75 Å². The number of carbonyl (C=O) groups is 2. The molecule has 2 atom stereocenters. The van der Waals surface area contributed by atoms with Gasteiger partial charge in [-0.05, 0) is 32.4 Å². The van der Waals surface area contributed by atoms with Crippen molar-refractivity contribution >= 4 is 29.4 Å². The fraction of sp³-hybridized carbons (Fsp3) is 0.458. The summed E-state index contributed by atoms with van der Waals surface area (Å²) in [5.74, 6) is -0.555. The van der Waals surface area contributed by atoms with Gasteiger partial charge in [0.15, 0.2) is 5.75 Å². The van der Waals surface area contributed by atoms with E-state index in [2.05, 4.69) is 0 Å². The average Bonchev–Trinajstić information content (AvgIpc) is 2.99. The Kier molecular flexibility index (Phi) is 5.76. The number of anilines is 1. The van der Waals surface area contributed by atoms with Gasteiger partial charge in [-0.25, -0.2) is 14.2 Å². The van der Waals surface area contributed by atoms with Crippen molar-refractivity contribution in [1.29, 1.82) is 0 Å². The van der Waals surface area contributed by atoms with E-state index in [9.17, 15) is 24.2 Å².